The number of nitrogens with zero attached hydrogens (tertiary/aromatic N) is 2. The minimum absolute atomic E-state index is 0.197. The summed E-state index contributed by atoms with van der Waals surface area (Å²) < 4.78 is 65.1. The van der Waals surface area contributed by atoms with Crippen molar-refractivity contribution in [2.75, 3.05) is 29.6 Å². The monoisotopic (exact) mass is 477 g/mol. The number of sulfone groups is 1. The van der Waals surface area contributed by atoms with Crippen molar-refractivity contribution in [3.05, 3.63) is 60.7 Å². The first kappa shape index (κ1) is 22.9. The van der Waals surface area contributed by atoms with Crippen LogP contribution in [0.5, 0.6) is 5.75 Å². The van der Waals surface area contributed by atoms with Gasteiger partial charge in [0.2, 0.25) is 0 Å². The molecule has 0 radical (unpaired) electrons. The summed E-state index contributed by atoms with van der Waals surface area (Å²) in [6, 6.07) is 15.7. The van der Waals surface area contributed by atoms with Gasteiger partial charge in [0.05, 0.1) is 10.6 Å². The summed E-state index contributed by atoms with van der Waals surface area (Å²) in [5.74, 6) is 0.438. The highest BCUT2D eigenvalue weighted by atomic mass is 32.2. The Hall–Kier alpha value is -3.27. The Kier molecular flexibility index (Phi) is 6.20. The highest BCUT2D eigenvalue weighted by Gasteiger charge is 2.31. The third-order valence-electron chi connectivity index (χ3n) is 5.18. The van der Waals surface area contributed by atoms with Gasteiger partial charge in [-0.15, -0.1) is 13.2 Å². The van der Waals surface area contributed by atoms with Gasteiger partial charge in [0.25, 0.3) is 0 Å². The van der Waals surface area contributed by atoms with Gasteiger partial charge in [0, 0.05) is 42.3 Å². The van der Waals surface area contributed by atoms with Crippen LogP contribution < -0.4 is 15.0 Å². The van der Waals surface area contributed by atoms with Crippen LogP contribution in [-0.2, 0) is 9.84 Å². The molecule has 0 unspecified atom stereocenters. The number of benzene rings is 2. The van der Waals surface area contributed by atoms with Gasteiger partial charge in [-0.05, 0) is 55.3 Å². The number of nitrogens with one attached hydrogen (secondary N) is 1. The first-order valence-corrected chi connectivity index (χ1v) is 12.2. The molecule has 3 aromatic rings. The molecule has 10 heteroatoms. The predicted molar refractivity (Wildman–Crippen MR) is 121 cm³/mol. The third-order valence-corrected chi connectivity index (χ3v) is 6.29. The van der Waals surface area contributed by atoms with E-state index in [9.17, 15) is 21.6 Å². The Balaban J connectivity index is 1.67. The Morgan fingerprint density at radius 3 is 2.30 bits per heavy atom. The molecule has 4 rings (SSSR count). The number of pyridine rings is 1. The van der Waals surface area contributed by atoms with E-state index in [0.717, 1.165) is 38.0 Å². The van der Waals surface area contributed by atoms with Gasteiger partial charge in [0.1, 0.15) is 11.6 Å². The number of alkyl halides is 3. The molecular weight excluding hydrogens is 455 g/mol. The fourth-order valence-corrected chi connectivity index (χ4v) is 4.30. The lowest BCUT2D eigenvalue weighted by Gasteiger charge is -2.19. The number of hydrogen-bond acceptors (Lipinski definition) is 6. The van der Waals surface area contributed by atoms with Crippen molar-refractivity contribution < 1.29 is 26.3 Å². The summed E-state index contributed by atoms with van der Waals surface area (Å²) in [5.41, 5.74) is 2.48. The Bertz CT molecular complexity index is 1240. The number of rotatable bonds is 6. The van der Waals surface area contributed by atoms with Crippen molar-refractivity contribution in [2.45, 2.75) is 24.1 Å². The number of anilines is 3. The van der Waals surface area contributed by atoms with Gasteiger partial charge < -0.3 is 15.0 Å². The zero-order valence-electron chi connectivity index (χ0n) is 17.8. The van der Waals surface area contributed by atoms with Crippen molar-refractivity contribution in [2.24, 2.45) is 0 Å². The molecule has 0 saturated carbocycles. The van der Waals surface area contributed by atoms with Crippen LogP contribution in [0.3, 0.4) is 0 Å². The van der Waals surface area contributed by atoms with Gasteiger partial charge in [-0.1, -0.05) is 12.1 Å². The van der Waals surface area contributed by atoms with Crippen LogP contribution in [0.2, 0.25) is 0 Å². The van der Waals surface area contributed by atoms with Crippen LogP contribution in [0, 0.1) is 0 Å². The second kappa shape index (κ2) is 8.93. The maximum absolute atomic E-state index is 12.4. The number of hydrogen-bond donors (Lipinski definition) is 1. The number of ether oxygens (including phenoxy) is 1. The molecule has 1 fully saturated rings. The van der Waals surface area contributed by atoms with Crippen LogP contribution >= 0.6 is 0 Å². The molecule has 1 N–H and O–H groups in total. The number of halogens is 3. The summed E-state index contributed by atoms with van der Waals surface area (Å²) >= 11 is 0. The molecule has 2 heterocycles. The SMILES string of the molecule is CS(=O)(=O)c1cccc(-c2cc(Nc3ccc(OC(F)(F)F)cc3)cc(N3CCCC3)n2)c1. The van der Waals surface area contributed by atoms with Gasteiger partial charge in [-0.3, -0.25) is 0 Å². The van der Waals surface area contributed by atoms with E-state index in [1.807, 2.05) is 6.07 Å². The second-order valence-electron chi connectivity index (χ2n) is 7.79. The van der Waals surface area contributed by atoms with Crippen molar-refractivity contribution in [3.63, 3.8) is 0 Å². The average molecular weight is 478 g/mol. The zero-order valence-corrected chi connectivity index (χ0v) is 18.6. The second-order valence-corrected chi connectivity index (χ2v) is 9.81. The molecule has 1 aliphatic heterocycles. The maximum Gasteiger partial charge on any atom is 0.573 e. The van der Waals surface area contributed by atoms with Crippen LogP contribution in [0.4, 0.5) is 30.4 Å². The molecule has 0 bridgehead atoms. The first-order valence-electron chi connectivity index (χ1n) is 10.3. The van der Waals surface area contributed by atoms with E-state index in [1.54, 1.807) is 24.3 Å². The average Bonchev–Trinajstić information content (AvgIpc) is 3.28. The molecule has 1 aliphatic rings. The quantitative estimate of drug-likeness (QED) is 0.513. The predicted octanol–water partition coefficient (Wildman–Crippen LogP) is 5.39. The van der Waals surface area contributed by atoms with Crippen LogP contribution in [0.1, 0.15) is 12.8 Å². The standard InChI is InChI=1S/C23H22F3N3O3S/c1-33(30,31)20-6-4-5-16(13-20)21-14-18(15-22(28-21)29-11-2-3-12-29)27-17-7-9-19(10-8-17)32-23(24,25)26/h4-10,13-15H,2-3,11-12H2,1H3,(H,27,28). The minimum atomic E-state index is -4.75. The van der Waals surface area contributed by atoms with E-state index in [-0.39, 0.29) is 10.6 Å². The molecule has 1 aromatic heterocycles. The molecule has 2 aromatic carbocycles. The van der Waals surface area contributed by atoms with Gasteiger partial charge in [-0.25, -0.2) is 13.4 Å². The molecule has 0 aliphatic carbocycles. The Labute approximate surface area is 189 Å². The molecule has 6 nitrogen and oxygen atoms in total. The molecule has 0 spiro atoms. The largest absolute Gasteiger partial charge is 0.573 e. The fraction of sp³-hybridized carbons (Fsp3) is 0.261. The highest BCUT2D eigenvalue weighted by Crippen LogP contribution is 2.31. The smallest absolute Gasteiger partial charge is 0.406 e. The van der Waals surface area contributed by atoms with E-state index in [4.69, 9.17) is 4.98 Å². The lowest BCUT2D eigenvalue weighted by Crippen LogP contribution is -2.19. The van der Waals surface area contributed by atoms with Crippen molar-refractivity contribution in [1.29, 1.82) is 0 Å². The fourth-order valence-electron chi connectivity index (χ4n) is 3.64. The third kappa shape index (κ3) is 5.95. The van der Waals surface area contributed by atoms with E-state index in [2.05, 4.69) is 15.0 Å². The minimum Gasteiger partial charge on any atom is -0.406 e. The Morgan fingerprint density at radius 1 is 0.970 bits per heavy atom. The van der Waals surface area contributed by atoms with E-state index in [1.165, 1.54) is 30.3 Å². The van der Waals surface area contributed by atoms with Gasteiger partial charge >= 0.3 is 6.36 Å². The highest BCUT2D eigenvalue weighted by molar-refractivity contribution is 7.90. The normalized spacial score (nSPS) is 14.4. The first-order chi connectivity index (χ1) is 15.6. The molecule has 1 saturated heterocycles. The molecule has 174 valence electrons. The molecule has 33 heavy (non-hydrogen) atoms. The summed E-state index contributed by atoms with van der Waals surface area (Å²) in [6.45, 7) is 1.73. The summed E-state index contributed by atoms with van der Waals surface area (Å²) in [7, 11) is -3.38. The van der Waals surface area contributed by atoms with Crippen LogP contribution in [0.15, 0.2) is 65.6 Å². The number of aromatic nitrogens is 1. The maximum atomic E-state index is 12.4. The van der Waals surface area contributed by atoms with Gasteiger partial charge in [-0.2, -0.15) is 0 Å². The molecule has 0 amide bonds. The van der Waals surface area contributed by atoms with E-state index in [0.29, 0.717) is 22.6 Å². The summed E-state index contributed by atoms with van der Waals surface area (Å²) in [5, 5.41) is 3.19. The topological polar surface area (TPSA) is 71.5 Å². The Morgan fingerprint density at radius 2 is 1.67 bits per heavy atom. The summed E-state index contributed by atoms with van der Waals surface area (Å²) in [4.78, 5) is 7.10. The molecular formula is C23H22F3N3O3S. The van der Waals surface area contributed by atoms with Gasteiger partial charge in [0.15, 0.2) is 9.84 Å². The van der Waals surface area contributed by atoms with Crippen molar-refractivity contribution in [3.8, 4) is 17.0 Å². The lowest BCUT2D eigenvalue weighted by atomic mass is 10.1. The van der Waals surface area contributed by atoms with E-state index < -0.39 is 16.2 Å². The zero-order chi connectivity index (χ0) is 23.6. The summed E-state index contributed by atoms with van der Waals surface area (Å²) in [6.07, 6.45) is -1.49. The van der Waals surface area contributed by atoms with Crippen molar-refractivity contribution in [1.82, 2.24) is 4.98 Å². The van der Waals surface area contributed by atoms with E-state index >= 15 is 0 Å². The molecule has 0 atom stereocenters. The van der Waals surface area contributed by atoms with Crippen molar-refractivity contribution >= 4 is 27.0 Å². The van der Waals surface area contributed by atoms with Crippen LogP contribution in [0.25, 0.3) is 11.3 Å². The lowest BCUT2D eigenvalue weighted by molar-refractivity contribution is -0.274. The van der Waals surface area contributed by atoms with Crippen LogP contribution in [-0.4, -0.2) is 39.1 Å².